The van der Waals surface area contributed by atoms with Gasteiger partial charge in [0.05, 0.1) is 13.2 Å². The number of hydrogen-bond acceptors (Lipinski definition) is 3. The predicted octanol–water partition coefficient (Wildman–Crippen LogP) is 8.60. The van der Waals surface area contributed by atoms with Gasteiger partial charge in [-0.15, -0.1) is 0 Å². The molecule has 0 atom stereocenters. The Kier molecular flexibility index (Phi) is 15.3. The van der Waals surface area contributed by atoms with Gasteiger partial charge in [-0.05, 0) is 24.5 Å². The molecule has 0 spiro atoms. The van der Waals surface area contributed by atoms with Crippen LogP contribution >= 0.6 is 7.60 Å². The second kappa shape index (κ2) is 17.0. The van der Waals surface area contributed by atoms with Gasteiger partial charge in [0.1, 0.15) is 0 Å². The van der Waals surface area contributed by atoms with Crippen molar-refractivity contribution in [3.05, 3.63) is 41.7 Å². The van der Waals surface area contributed by atoms with E-state index in [0.29, 0.717) is 13.2 Å². The fourth-order valence-corrected chi connectivity index (χ4v) is 4.38. The first-order valence-electron chi connectivity index (χ1n) is 11.3. The van der Waals surface area contributed by atoms with Crippen LogP contribution in [0.1, 0.15) is 96.5 Å². The van der Waals surface area contributed by atoms with Crippen LogP contribution in [0, 0.1) is 0 Å². The molecule has 160 valence electrons. The topological polar surface area (TPSA) is 35.5 Å². The summed E-state index contributed by atoms with van der Waals surface area (Å²) in [7, 11) is -3.19. The molecule has 0 aromatic heterocycles. The summed E-state index contributed by atoms with van der Waals surface area (Å²) in [6.45, 7) is 5.44. The van der Waals surface area contributed by atoms with Crippen molar-refractivity contribution in [2.45, 2.75) is 90.9 Å². The van der Waals surface area contributed by atoms with Gasteiger partial charge < -0.3 is 9.05 Å². The van der Waals surface area contributed by atoms with E-state index in [1.807, 2.05) is 36.4 Å². The number of hydrogen-bond donors (Lipinski definition) is 0. The highest BCUT2D eigenvalue weighted by molar-refractivity contribution is 7.57. The van der Waals surface area contributed by atoms with Crippen LogP contribution in [-0.4, -0.2) is 13.2 Å². The minimum absolute atomic E-state index is 0.499. The zero-order chi connectivity index (χ0) is 20.3. The van der Waals surface area contributed by atoms with E-state index in [-0.39, 0.29) is 0 Å². The molecule has 1 rings (SSSR count). The Hall–Kier alpha value is -0.890. The third-order valence-electron chi connectivity index (χ3n) is 4.79. The molecule has 4 heteroatoms. The van der Waals surface area contributed by atoms with Crippen LogP contribution < -0.4 is 0 Å². The van der Waals surface area contributed by atoms with E-state index in [2.05, 4.69) is 13.8 Å². The molecule has 0 N–H and O–H groups in total. The van der Waals surface area contributed by atoms with Gasteiger partial charge in [-0.2, -0.15) is 0 Å². The first kappa shape index (κ1) is 25.1. The SMILES string of the molecule is CCCCCCCCOP(=O)(C=Cc1ccccc1)OCCCCCCCC. The summed E-state index contributed by atoms with van der Waals surface area (Å²) in [5.74, 6) is 1.64. The molecule has 1 aromatic rings. The summed E-state index contributed by atoms with van der Waals surface area (Å²) in [4.78, 5) is 0. The summed E-state index contributed by atoms with van der Waals surface area (Å²) in [6, 6.07) is 9.89. The zero-order valence-corrected chi connectivity index (χ0v) is 19.0. The lowest BCUT2D eigenvalue weighted by Gasteiger charge is -2.15. The third kappa shape index (κ3) is 13.3. The van der Waals surface area contributed by atoms with Crippen LogP contribution in [-0.2, 0) is 13.6 Å². The average Bonchev–Trinajstić information content (AvgIpc) is 2.72. The van der Waals surface area contributed by atoms with Crippen LogP contribution in [0.3, 0.4) is 0 Å². The number of unbranched alkanes of at least 4 members (excludes halogenated alkanes) is 10. The molecule has 1 aromatic carbocycles. The summed E-state index contributed by atoms with van der Waals surface area (Å²) in [5.41, 5.74) is 1.01. The molecule has 0 heterocycles. The van der Waals surface area contributed by atoms with Gasteiger partial charge in [0.25, 0.3) is 0 Å². The summed E-state index contributed by atoms with van der Waals surface area (Å²) in [6.07, 6.45) is 16.1. The molecule has 0 radical (unpaired) electrons. The van der Waals surface area contributed by atoms with E-state index in [4.69, 9.17) is 9.05 Å². The maximum atomic E-state index is 13.1. The minimum atomic E-state index is -3.19. The van der Waals surface area contributed by atoms with Crippen molar-refractivity contribution in [1.82, 2.24) is 0 Å². The smallest absolute Gasteiger partial charge is 0.306 e. The van der Waals surface area contributed by atoms with Gasteiger partial charge in [0, 0.05) is 5.82 Å². The normalized spacial score (nSPS) is 12.1. The molecular weight excluding hydrogens is 367 g/mol. The van der Waals surface area contributed by atoms with Crippen LogP contribution in [0.2, 0.25) is 0 Å². The molecule has 0 fully saturated rings. The van der Waals surface area contributed by atoms with Gasteiger partial charge in [0.15, 0.2) is 0 Å². The van der Waals surface area contributed by atoms with Crippen molar-refractivity contribution < 1.29 is 13.6 Å². The van der Waals surface area contributed by atoms with E-state index in [1.54, 1.807) is 5.82 Å². The fraction of sp³-hybridized carbons (Fsp3) is 0.667. The Morgan fingerprint density at radius 1 is 0.714 bits per heavy atom. The fourth-order valence-electron chi connectivity index (χ4n) is 3.01. The first-order valence-corrected chi connectivity index (χ1v) is 12.9. The van der Waals surface area contributed by atoms with Gasteiger partial charge >= 0.3 is 7.60 Å². The molecule has 0 aliphatic rings. The predicted molar refractivity (Wildman–Crippen MR) is 122 cm³/mol. The van der Waals surface area contributed by atoms with Crippen molar-refractivity contribution in [2.75, 3.05) is 13.2 Å². The van der Waals surface area contributed by atoms with E-state index in [0.717, 1.165) is 31.2 Å². The Bertz CT molecular complexity index is 520. The lowest BCUT2D eigenvalue weighted by molar-refractivity contribution is 0.205. The zero-order valence-electron chi connectivity index (χ0n) is 18.1. The Labute approximate surface area is 173 Å². The first-order chi connectivity index (χ1) is 13.7. The van der Waals surface area contributed by atoms with E-state index in [9.17, 15) is 4.57 Å². The summed E-state index contributed by atoms with van der Waals surface area (Å²) < 4.78 is 24.6. The van der Waals surface area contributed by atoms with Crippen molar-refractivity contribution in [3.8, 4) is 0 Å². The number of rotatable bonds is 18. The second-order valence-corrected chi connectivity index (χ2v) is 9.36. The molecule has 28 heavy (non-hydrogen) atoms. The van der Waals surface area contributed by atoms with Gasteiger partial charge in [-0.3, -0.25) is 4.57 Å². The molecule has 0 aliphatic carbocycles. The minimum Gasteiger partial charge on any atom is -0.306 e. The molecular formula is C24H41O3P. The summed E-state index contributed by atoms with van der Waals surface area (Å²) in [5, 5.41) is 0. The van der Waals surface area contributed by atoms with Gasteiger partial charge in [-0.1, -0.05) is 108 Å². The quantitative estimate of drug-likeness (QED) is 0.180. The average molecular weight is 409 g/mol. The van der Waals surface area contributed by atoms with Crippen LogP contribution in [0.5, 0.6) is 0 Å². The Balaban J connectivity index is 2.42. The van der Waals surface area contributed by atoms with Crippen LogP contribution in [0.4, 0.5) is 0 Å². The maximum absolute atomic E-state index is 13.1. The standard InChI is InChI=1S/C24H41O3P/c1-3-5-7-9-11-16-21-26-28(25,23-20-24-18-14-13-15-19-24)27-22-17-12-10-8-6-4-2/h13-15,18-20,23H,3-12,16-17,21-22H2,1-2H3. The van der Waals surface area contributed by atoms with Crippen molar-refractivity contribution >= 4 is 13.7 Å². The molecule has 0 aliphatic heterocycles. The highest BCUT2D eigenvalue weighted by atomic mass is 31.2. The van der Waals surface area contributed by atoms with E-state index >= 15 is 0 Å². The van der Waals surface area contributed by atoms with Crippen LogP contribution in [0.25, 0.3) is 6.08 Å². The molecule has 0 bridgehead atoms. The molecule has 0 amide bonds. The van der Waals surface area contributed by atoms with Crippen molar-refractivity contribution in [3.63, 3.8) is 0 Å². The largest absolute Gasteiger partial charge is 0.354 e. The van der Waals surface area contributed by atoms with Gasteiger partial charge in [0.2, 0.25) is 0 Å². The Morgan fingerprint density at radius 2 is 1.18 bits per heavy atom. The van der Waals surface area contributed by atoms with Crippen molar-refractivity contribution in [2.24, 2.45) is 0 Å². The van der Waals surface area contributed by atoms with E-state index < -0.39 is 7.60 Å². The molecule has 0 unspecified atom stereocenters. The lowest BCUT2D eigenvalue weighted by Crippen LogP contribution is -1.98. The van der Waals surface area contributed by atoms with Gasteiger partial charge in [-0.25, -0.2) is 0 Å². The Morgan fingerprint density at radius 3 is 1.68 bits per heavy atom. The van der Waals surface area contributed by atoms with E-state index in [1.165, 1.54) is 51.4 Å². The second-order valence-electron chi connectivity index (χ2n) is 7.47. The van der Waals surface area contributed by atoms with Crippen molar-refractivity contribution in [1.29, 1.82) is 0 Å². The summed E-state index contributed by atoms with van der Waals surface area (Å²) >= 11 is 0. The highest BCUT2D eigenvalue weighted by Crippen LogP contribution is 2.50. The third-order valence-corrected chi connectivity index (χ3v) is 6.39. The number of benzene rings is 1. The molecule has 0 saturated heterocycles. The molecule has 0 saturated carbocycles. The maximum Gasteiger partial charge on any atom is 0.354 e. The highest BCUT2D eigenvalue weighted by Gasteiger charge is 2.20. The monoisotopic (exact) mass is 408 g/mol. The van der Waals surface area contributed by atoms with Crippen LogP contribution in [0.15, 0.2) is 36.1 Å². The lowest BCUT2D eigenvalue weighted by atomic mass is 10.1. The molecule has 3 nitrogen and oxygen atoms in total.